The molecule has 0 aromatic heterocycles. The molecule has 4 rings (SSSR count). The Hall–Kier alpha value is -2.60. The van der Waals surface area contributed by atoms with E-state index in [0.29, 0.717) is 31.5 Å². The number of carbonyl (C=O) groups is 3. The molecule has 1 aliphatic rings. The van der Waals surface area contributed by atoms with Gasteiger partial charge >= 0.3 is 0 Å². The van der Waals surface area contributed by atoms with Crippen LogP contribution in [0.3, 0.4) is 0 Å². The topological polar surface area (TPSA) is 75.7 Å². The van der Waals surface area contributed by atoms with Gasteiger partial charge in [0.2, 0.25) is 5.91 Å². The summed E-state index contributed by atoms with van der Waals surface area (Å²) in [5, 5.41) is 2.20. The summed E-state index contributed by atoms with van der Waals surface area (Å²) >= 11 is 9.21. The lowest BCUT2D eigenvalue weighted by atomic mass is 10.2. The minimum absolute atomic E-state index is 0.0335. The van der Waals surface area contributed by atoms with Gasteiger partial charge in [0.25, 0.3) is 11.1 Å². The maximum absolute atomic E-state index is 13.9. The van der Waals surface area contributed by atoms with Crippen molar-refractivity contribution in [2.24, 2.45) is 0 Å². The number of halogens is 3. The Kier molecular flexibility index (Phi) is 9.12. The number of hydrogen-bond acceptors (Lipinski definition) is 6. The van der Waals surface area contributed by atoms with Crippen molar-refractivity contribution in [3.63, 3.8) is 0 Å². The number of hydrogen-bond donors (Lipinski definition) is 1. The van der Waals surface area contributed by atoms with E-state index in [2.05, 4.69) is 37.2 Å². The number of benzene rings is 3. The molecule has 1 aliphatic heterocycles. The average Bonchev–Trinajstić information content (AvgIpc) is 3.11. The zero-order valence-corrected chi connectivity index (χ0v) is 24.1. The van der Waals surface area contributed by atoms with Crippen molar-refractivity contribution < 1.29 is 23.5 Å². The zero-order chi connectivity index (χ0) is 26.5. The molecule has 11 heteroatoms. The molecule has 1 saturated heterocycles. The second kappa shape index (κ2) is 12.3. The molecule has 3 aromatic carbocycles. The first kappa shape index (κ1) is 27.4. The van der Waals surface area contributed by atoms with Crippen LogP contribution in [0.15, 0.2) is 79.4 Å². The fraction of sp³-hybridized carbons (Fsp3) is 0.115. The molecule has 0 aliphatic carbocycles. The Balaban J connectivity index is 1.44. The zero-order valence-electron chi connectivity index (χ0n) is 19.3. The van der Waals surface area contributed by atoms with Crippen LogP contribution in [0.1, 0.15) is 11.1 Å². The quantitative estimate of drug-likeness (QED) is 0.201. The maximum atomic E-state index is 13.9. The van der Waals surface area contributed by atoms with Crippen LogP contribution >= 0.6 is 55.4 Å². The lowest BCUT2D eigenvalue weighted by Gasteiger charge is -2.13. The molecule has 1 fully saturated rings. The summed E-state index contributed by atoms with van der Waals surface area (Å²) in [5.74, 6) is -0.904. The van der Waals surface area contributed by atoms with Crippen molar-refractivity contribution in [2.75, 3.05) is 18.1 Å². The number of ether oxygens (including phenoxy) is 1. The summed E-state index contributed by atoms with van der Waals surface area (Å²) in [5.41, 5.74) is 1.63. The van der Waals surface area contributed by atoms with Crippen LogP contribution in [-0.4, -0.2) is 34.8 Å². The highest BCUT2D eigenvalue weighted by molar-refractivity contribution is 9.11. The Labute approximate surface area is 238 Å². The van der Waals surface area contributed by atoms with Crippen molar-refractivity contribution in [3.05, 3.63) is 91.5 Å². The Morgan fingerprint density at radius 1 is 1.11 bits per heavy atom. The van der Waals surface area contributed by atoms with Gasteiger partial charge in [-0.2, -0.15) is 0 Å². The fourth-order valence-corrected chi connectivity index (χ4v) is 6.15. The molecule has 0 saturated carbocycles. The highest BCUT2D eigenvalue weighted by atomic mass is 79.9. The Morgan fingerprint density at radius 2 is 1.84 bits per heavy atom. The molecule has 0 radical (unpaired) electrons. The van der Waals surface area contributed by atoms with E-state index in [0.717, 1.165) is 21.6 Å². The van der Waals surface area contributed by atoms with Crippen molar-refractivity contribution in [1.82, 2.24) is 4.90 Å². The van der Waals surface area contributed by atoms with Crippen LogP contribution in [0.25, 0.3) is 6.08 Å². The second-order valence-electron chi connectivity index (χ2n) is 7.74. The molecule has 0 spiro atoms. The maximum Gasteiger partial charge on any atom is 0.294 e. The van der Waals surface area contributed by atoms with Crippen molar-refractivity contribution in [2.45, 2.75) is 11.5 Å². The molecule has 1 heterocycles. The highest BCUT2D eigenvalue weighted by Gasteiger charge is 2.36. The minimum atomic E-state index is -0.546. The third-order valence-corrected chi connectivity index (χ3v) is 7.99. The Morgan fingerprint density at radius 3 is 2.54 bits per heavy atom. The second-order valence-corrected chi connectivity index (χ2v) is 11.3. The fourth-order valence-electron chi connectivity index (χ4n) is 3.40. The lowest BCUT2D eigenvalue weighted by molar-refractivity contribution is -0.127. The summed E-state index contributed by atoms with van der Waals surface area (Å²) in [6, 6.07) is 17.1. The van der Waals surface area contributed by atoms with Gasteiger partial charge < -0.3 is 10.1 Å². The largest absolute Gasteiger partial charge is 0.486 e. The van der Waals surface area contributed by atoms with Crippen LogP contribution in [0, 0.1) is 5.82 Å². The van der Waals surface area contributed by atoms with Crippen LogP contribution in [-0.2, 0) is 16.2 Å². The molecule has 3 aromatic rings. The van der Waals surface area contributed by atoms with E-state index in [9.17, 15) is 18.8 Å². The summed E-state index contributed by atoms with van der Waals surface area (Å²) in [6.45, 7) is -0.354. The third kappa shape index (κ3) is 6.84. The molecule has 37 heavy (non-hydrogen) atoms. The summed E-state index contributed by atoms with van der Waals surface area (Å²) in [4.78, 5) is 40.0. The van der Waals surface area contributed by atoms with E-state index in [1.807, 2.05) is 24.5 Å². The number of nitrogens with zero attached hydrogens (tertiary/aromatic N) is 1. The average molecular weight is 666 g/mol. The van der Waals surface area contributed by atoms with Gasteiger partial charge in [-0.25, -0.2) is 4.39 Å². The van der Waals surface area contributed by atoms with E-state index < -0.39 is 17.1 Å². The van der Waals surface area contributed by atoms with Gasteiger partial charge in [-0.1, -0.05) is 24.3 Å². The molecular formula is C26H19Br2FN2O4S2. The summed E-state index contributed by atoms with van der Waals surface area (Å²) < 4.78 is 20.8. The molecule has 0 unspecified atom stereocenters. The number of carbonyl (C=O) groups excluding carboxylic acids is 3. The van der Waals surface area contributed by atoms with E-state index in [-0.39, 0.29) is 23.9 Å². The van der Waals surface area contributed by atoms with Crippen LogP contribution in [0.4, 0.5) is 14.9 Å². The Bertz CT molecular complexity index is 1390. The van der Waals surface area contributed by atoms with Gasteiger partial charge in [-0.3, -0.25) is 19.3 Å². The molecule has 3 amide bonds. The number of imide groups is 1. The SMILES string of the molecule is CSc1cccc(NC(=O)CN2C(=O)S/C(=C/c3cc(Br)c(OCc4ccccc4F)c(Br)c3)C2=O)c1. The standard InChI is InChI=1S/C26H19Br2FN2O4S2/c1-36-18-7-4-6-17(12-18)30-23(32)13-31-25(33)22(37-26(31)34)11-15-9-19(27)24(20(28)10-15)35-14-16-5-2-3-8-21(16)29/h2-12H,13-14H2,1H3,(H,30,32)/b22-11+. The van der Waals surface area contributed by atoms with Crippen LogP contribution in [0.5, 0.6) is 5.75 Å². The molecule has 190 valence electrons. The number of nitrogens with one attached hydrogen (secondary N) is 1. The van der Waals surface area contributed by atoms with E-state index >= 15 is 0 Å². The van der Waals surface area contributed by atoms with E-state index in [1.54, 1.807) is 42.5 Å². The van der Waals surface area contributed by atoms with Crippen molar-refractivity contribution in [3.8, 4) is 5.75 Å². The van der Waals surface area contributed by atoms with E-state index in [4.69, 9.17) is 4.74 Å². The van der Waals surface area contributed by atoms with Gasteiger partial charge in [-0.05, 0) is 97.9 Å². The van der Waals surface area contributed by atoms with Gasteiger partial charge in [0.1, 0.15) is 24.7 Å². The van der Waals surface area contributed by atoms with Gasteiger partial charge in [0.05, 0.1) is 13.9 Å². The number of thioether (sulfide) groups is 2. The highest BCUT2D eigenvalue weighted by Crippen LogP contribution is 2.38. The van der Waals surface area contributed by atoms with Crippen LogP contribution < -0.4 is 10.1 Å². The third-order valence-electron chi connectivity index (χ3n) is 5.18. The van der Waals surface area contributed by atoms with Crippen molar-refractivity contribution in [1.29, 1.82) is 0 Å². The molecular weight excluding hydrogens is 647 g/mol. The van der Waals surface area contributed by atoms with Crippen LogP contribution in [0.2, 0.25) is 0 Å². The first-order valence-electron chi connectivity index (χ1n) is 10.8. The predicted molar refractivity (Wildman–Crippen MR) is 152 cm³/mol. The number of anilines is 1. The van der Waals surface area contributed by atoms with E-state index in [1.165, 1.54) is 17.8 Å². The van der Waals surface area contributed by atoms with Gasteiger partial charge in [-0.15, -0.1) is 11.8 Å². The molecule has 1 N–H and O–H groups in total. The van der Waals surface area contributed by atoms with Gasteiger partial charge in [0, 0.05) is 16.1 Å². The smallest absolute Gasteiger partial charge is 0.294 e. The first-order valence-corrected chi connectivity index (χ1v) is 14.4. The normalized spacial score (nSPS) is 14.4. The lowest BCUT2D eigenvalue weighted by Crippen LogP contribution is -2.36. The van der Waals surface area contributed by atoms with Gasteiger partial charge in [0.15, 0.2) is 0 Å². The molecule has 6 nitrogen and oxygen atoms in total. The minimum Gasteiger partial charge on any atom is -0.486 e. The summed E-state index contributed by atoms with van der Waals surface area (Å²) in [6.07, 6.45) is 3.50. The molecule has 0 atom stereocenters. The number of rotatable bonds is 8. The molecule has 0 bridgehead atoms. The van der Waals surface area contributed by atoms with Crippen molar-refractivity contribution >= 4 is 84.2 Å². The predicted octanol–water partition coefficient (Wildman–Crippen LogP) is 7.33. The first-order chi connectivity index (χ1) is 17.7. The summed E-state index contributed by atoms with van der Waals surface area (Å²) in [7, 11) is 0. The number of amides is 3. The monoisotopic (exact) mass is 664 g/mol.